The number of ether oxygens (including phenoxy) is 1. The summed E-state index contributed by atoms with van der Waals surface area (Å²) in [6.07, 6.45) is 2.40. The number of hydrogen-bond acceptors (Lipinski definition) is 7. The van der Waals surface area contributed by atoms with Gasteiger partial charge < -0.3 is 14.1 Å². The number of anilines is 1. The van der Waals surface area contributed by atoms with Crippen molar-refractivity contribution in [1.29, 1.82) is 0 Å². The summed E-state index contributed by atoms with van der Waals surface area (Å²) in [5.41, 5.74) is 0. The summed E-state index contributed by atoms with van der Waals surface area (Å²) in [7, 11) is 0. The molecule has 0 amide bonds. The maximum absolute atomic E-state index is 5.59. The summed E-state index contributed by atoms with van der Waals surface area (Å²) < 4.78 is 10.7. The Balaban J connectivity index is 1.73. The second kappa shape index (κ2) is 5.58. The van der Waals surface area contributed by atoms with Gasteiger partial charge in [-0.25, -0.2) is 10.1 Å². The molecular formula is C12H15N5O2S. The summed E-state index contributed by atoms with van der Waals surface area (Å²) in [6.45, 7) is 4.10. The molecule has 1 N–H and O–H groups in total. The summed E-state index contributed by atoms with van der Waals surface area (Å²) in [5, 5.41) is 6.43. The monoisotopic (exact) mass is 293 g/mol. The van der Waals surface area contributed by atoms with E-state index in [0.29, 0.717) is 17.6 Å². The second-order valence-corrected chi connectivity index (χ2v) is 4.97. The van der Waals surface area contributed by atoms with Crippen LogP contribution < -0.4 is 9.64 Å². The molecular weight excluding hydrogens is 278 g/mol. The molecule has 1 fully saturated rings. The summed E-state index contributed by atoms with van der Waals surface area (Å²) >= 11 is 4.81. The van der Waals surface area contributed by atoms with Crippen LogP contribution in [0, 0.1) is 11.8 Å². The Hall–Kier alpha value is -1.96. The van der Waals surface area contributed by atoms with Crippen LogP contribution in [-0.2, 0) is 6.61 Å². The number of aryl methyl sites for hydroxylation is 1. The van der Waals surface area contributed by atoms with Crippen LogP contribution in [0.5, 0.6) is 5.88 Å². The predicted molar refractivity (Wildman–Crippen MR) is 74.2 cm³/mol. The fourth-order valence-electron chi connectivity index (χ4n) is 2.17. The van der Waals surface area contributed by atoms with Crippen molar-refractivity contribution >= 4 is 18.0 Å². The van der Waals surface area contributed by atoms with Crippen molar-refractivity contribution < 1.29 is 9.15 Å². The summed E-state index contributed by atoms with van der Waals surface area (Å²) in [4.78, 5) is 11.2. The van der Waals surface area contributed by atoms with E-state index in [-0.39, 0.29) is 11.4 Å². The molecule has 106 valence electrons. The lowest BCUT2D eigenvalue weighted by atomic mass is 10.4. The molecule has 0 spiro atoms. The zero-order valence-electron chi connectivity index (χ0n) is 11.1. The number of rotatable bonds is 4. The molecule has 1 aliphatic rings. The van der Waals surface area contributed by atoms with Gasteiger partial charge in [-0.3, -0.25) is 0 Å². The fraction of sp³-hybridized carbons (Fsp3) is 0.500. The predicted octanol–water partition coefficient (Wildman–Crippen LogP) is 2.01. The molecule has 0 unspecified atom stereocenters. The number of nitrogens with one attached hydrogen (secondary N) is 1. The number of H-pyrrole nitrogens is 1. The molecule has 2 aromatic heterocycles. The SMILES string of the molecule is Cc1nc(OCc2n[nH]c(=S)o2)cc(N2CCCC2)n1. The van der Waals surface area contributed by atoms with Gasteiger partial charge in [0.15, 0.2) is 6.61 Å². The number of nitrogens with zero attached hydrogens (tertiary/aromatic N) is 4. The van der Waals surface area contributed by atoms with Gasteiger partial charge in [0.2, 0.25) is 5.88 Å². The Morgan fingerprint density at radius 3 is 2.90 bits per heavy atom. The first-order chi connectivity index (χ1) is 9.70. The topological polar surface area (TPSA) is 80.1 Å². The maximum atomic E-state index is 5.59. The molecule has 0 saturated carbocycles. The van der Waals surface area contributed by atoms with Crippen LogP contribution in [0.3, 0.4) is 0 Å². The molecule has 0 atom stereocenters. The van der Waals surface area contributed by atoms with E-state index in [2.05, 4.69) is 25.1 Å². The maximum Gasteiger partial charge on any atom is 0.284 e. The number of aromatic amines is 1. The third-order valence-corrected chi connectivity index (χ3v) is 3.23. The lowest BCUT2D eigenvalue weighted by Crippen LogP contribution is -2.19. The van der Waals surface area contributed by atoms with Crippen LogP contribution in [0.4, 0.5) is 5.82 Å². The lowest BCUT2D eigenvalue weighted by molar-refractivity contribution is 0.251. The molecule has 0 aromatic carbocycles. The Morgan fingerprint density at radius 1 is 1.40 bits per heavy atom. The molecule has 8 heteroatoms. The van der Waals surface area contributed by atoms with E-state index in [4.69, 9.17) is 21.4 Å². The molecule has 0 radical (unpaired) electrons. The van der Waals surface area contributed by atoms with Crippen molar-refractivity contribution in [3.05, 3.63) is 22.6 Å². The van der Waals surface area contributed by atoms with Crippen molar-refractivity contribution in [3.8, 4) is 5.88 Å². The molecule has 3 rings (SSSR count). The van der Waals surface area contributed by atoms with Crippen molar-refractivity contribution in [3.63, 3.8) is 0 Å². The summed E-state index contributed by atoms with van der Waals surface area (Å²) in [5.74, 6) is 2.51. The highest BCUT2D eigenvalue weighted by atomic mass is 32.1. The van der Waals surface area contributed by atoms with E-state index >= 15 is 0 Å². The van der Waals surface area contributed by atoms with E-state index in [0.717, 1.165) is 18.9 Å². The quantitative estimate of drug-likeness (QED) is 0.864. The third kappa shape index (κ3) is 2.96. The van der Waals surface area contributed by atoms with Gasteiger partial charge in [0.25, 0.3) is 10.7 Å². The smallest absolute Gasteiger partial charge is 0.284 e. The zero-order chi connectivity index (χ0) is 13.9. The molecule has 20 heavy (non-hydrogen) atoms. The van der Waals surface area contributed by atoms with Crippen LogP contribution >= 0.6 is 12.2 Å². The third-order valence-electron chi connectivity index (χ3n) is 3.06. The average Bonchev–Trinajstić information content (AvgIpc) is 3.07. The fourth-order valence-corrected chi connectivity index (χ4v) is 2.31. The number of hydrogen-bond donors (Lipinski definition) is 1. The first-order valence-electron chi connectivity index (χ1n) is 6.48. The highest BCUT2D eigenvalue weighted by Gasteiger charge is 2.15. The van der Waals surface area contributed by atoms with E-state index in [9.17, 15) is 0 Å². The van der Waals surface area contributed by atoms with Gasteiger partial charge >= 0.3 is 0 Å². The highest BCUT2D eigenvalue weighted by Crippen LogP contribution is 2.22. The average molecular weight is 293 g/mol. The van der Waals surface area contributed by atoms with E-state index in [1.165, 1.54) is 12.8 Å². The number of aromatic nitrogens is 4. The van der Waals surface area contributed by atoms with Crippen molar-refractivity contribution in [1.82, 2.24) is 20.2 Å². The standard InChI is InChI=1S/C12H15N5O2S/c1-8-13-9(17-4-2-3-5-17)6-10(14-8)18-7-11-15-16-12(20)19-11/h6H,2-5,7H2,1H3,(H,16,20). The molecule has 1 aliphatic heterocycles. The van der Waals surface area contributed by atoms with Gasteiger partial charge in [0.05, 0.1) is 0 Å². The largest absolute Gasteiger partial charge is 0.467 e. The van der Waals surface area contributed by atoms with Gasteiger partial charge in [-0.1, -0.05) is 0 Å². The lowest BCUT2D eigenvalue weighted by Gasteiger charge is -2.17. The van der Waals surface area contributed by atoms with Crippen LogP contribution in [0.15, 0.2) is 10.5 Å². The van der Waals surface area contributed by atoms with E-state index < -0.39 is 0 Å². The van der Waals surface area contributed by atoms with Gasteiger partial charge in [0, 0.05) is 19.2 Å². The van der Waals surface area contributed by atoms with Crippen molar-refractivity contribution in [2.24, 2.45) is 0 Å². The van der Waals surface area contributed by atoms with Crippen LogP contribution in [0.1, 0.15) is 24.6 Å². The van der Waals surface area contributed by atoms with Crippen LogP contribution in [0.25, 0.3) is 0 Å². The Kier molecular flexibility index (Phi) is 3.64. The van der Waals surface area contributed by atoms with Gasteiger partial charge in [-0.05, 0) is 32.0 Å². The summed E-state index contributed by atoms with van der Waals surface area (Å²) in [6, 6.07) is 1.85. The van der Waals surface area contributed by atoms with Gasteiger partial charge in [0.1, 0.15) is 11.6 Å². The minimum atomic E-state index is 0.184. The molecule has 0 bridgehead atoms. The van der Waals surface area contributed by atoms with Gasteiger partial charge in [-0.2, -0.15) is 4.98 Å². The molecule has 1 saturated heterocycles. The highest BCUT2D eigenvalue weighted by molar-refractivity contribution is 7.71. The van der Waals surface area contributed by atoms with Gasteiger partial charge in [-0.15, -0.1) is 5.10 Å². The molecule has 0 aliphatic carbocycles. The van der Waals surface area contributed by atoms with Crippen molar-refractivity contribution in [2.45, 2.75) is 26.4 Å². The Bertz CT molecular complexity index is 647. The first-order valence-corrected chi connectivity index (χ1v) is 6.89. The first kappa shape index (κ1) is 13.0. The van der Waals surface area contributed by atoms with Crippen molar-refractivity contribution in [2.75, 3.05) is 18.0 Å². The molecule has 3 heterocycles. The van der Waals surface area contributed by atoms with Crippen LogP contribution in [0.2, 0.25) is 0 Å². The zero-order valence-corrected chi connectivity index (χ0v) is 11.9. The Morgan fingerprint density at radius 2 is 2.20 bits per heavy atom. The second-order valence-electron chi connectivity index (χ2n) is 4.60. The minimum absolute atomic E-state index is 0.184. The normalized spacial score (nSPS) is 14.8. The Labute approximate surface area is 121 Å². The minimum Gasteiger partial charge on any atom is -0.467 e. The molecule has 7 nitrogen and oxygen atoms in total. The van der Waals surface area contributed by atoms with E-state index in [1.54, 1.807) is 0 Å². The van der Waals surface area contributed by atoms with E-state index in [1.807, 2.05) is 13.0 Å². The molecule has 2 aromatic rings. The van der Waals surface area contributed by atoms with Crippen LogP contribution in [-0.4, -0.2) is 33.3 Å².